The number of amides is 1. The second-order valence-electron chi connectivity index (χ2n) is 10.4. The zero-order valence-electron chi connectivity index (χ0n) is 22.3. The normalized spacial score (nSPS) is 15.2. The molecule has 0 aliphatic heterocycles. The minimum atomic E-state index is -0.144. The fourth-order valence-electron chi connectivity index (χ4n) is 4.55. The van der Waals surface area contributed by atoms with E-state index in [1.54, 1.807) is 11.3 Å². The third-order valence-corrected chi connectivity index (χ3v) is 8.98. The molecule has 1 atom stereocenters. The van der Waals surface area contributed by atoms with Gasteiger partial charge in [0.1, 0.15) is 23.4 Å². The Morgan fingerprint density at radius 2 is 2.03 bits per heavy atom. The number of benzene rings is 1. The number of hydrogen-bond donors (Lipinski definition) is 1. The zero-order chi connectivity index (χ0) is 26.6. The number of anilines is 1. The van der Waals surface area contributed by atoms with E-state index in [1.807, 2.05) is 23.6 Å². The van der Waals surface area contributed by atoms with Crippen LogP contribution in [0.15, 0.2) is 29.4 Å². The highest BCUT2D eigenvalue weighted by Crippen LogP contribution is 2.40. The summed E-state index contributed by atoms with van der Waals surface area (Å²) in [5.41, 5.74) is 3.11. The molecule has 3 aromatic rings. The number of thioether (sulfide) groups is 1. The van der Waals surface area contributed by atoms with E-state index in [4.69, 9.17) is 4.74 Å². The molecular weight excluding hydrogens is 502 g/mol. The van der Waals surface area contributed by atoms with Crippen LogP contribution in [0.3, 0.4) is 0 Å². The van der Waals surface area contributed by atoms with Crippen molar-refractivity contribution in [3.63, 3.8) is 0 Å². The highest BCUT2D eigenvalue weighted by Gasteiger charge is 2.26. The lowest BCUT2D eigenvalue weighted by Gasteiger charge is -2.20. The third kappa shape index (κ3) is 6.36. The van der Waals surface area contributed by atoms with Gasteiger partial charge in [-0.2, -0.15) is 5.26 Å². The van der Waals surface area contributed by atoms with Crippen LogP contribution in [0.1, 0.15) is 74.9 Å². The first-order chi connectivity index (χ1) is 17.7. The quantitative estimate of drug-likeness (QED) is 0.320. The molecule has 0 fully saturated rings. The number of aromatic nitrogens is 3. The van der Waals surface area contributed by atoms with Gasteiger partial charge in [0.05, 0.1) is 11.3 Å². The van der Waals surface area contributed by atoms with E-state index in [0.29, 0.717) is 40.6 Å². The van der Waals surface area contributed by atoms with Crippen molar-refractivity contribution in [1.82, 2.24) is 14.8 Å². The molecule has 1 aliphatic rings. The van der Waals surface area contributed by atoms with Crippen molar-refractivity contribution in [2.24, 2.45) is 5.92 Å². The SMILES string of the molecule is CCC1CCc2c(sc(NC(=O)CSc3nnc(COc4ccc(C(C)(C)C)cc4)n3CC)c2C#N)C1. The lowest BCUT2D eigenvalue weighted by atomic mass is 9.86. The summed E-state index contributed by atoms with van der Waals surface area (Å²) < 4.78 is 7.93. The summed E-state index contributed by atoms with van der Waals surface area (Å²) >= 11 is 2.90. The van der Waals surface area contributed by atoms with Crippen LogP contribution in [-0.2, 0) is 36.2 Å². The molecule has 37 heavy (non-hydrogen) atoms. The second-order valence-corrected chi connectivity index (χ2v) is 12.4. The zero-order valence-corrected chi connectivity index (χ0v) is 23.9. The van der Waals surface area contributed by atoms with Crippen LogP contribution in [0.4, 0.5) is 5.00 Å². The maximum absolute atomic E-state index is 12.8. The molecule has 9 heteroatoms. The summed E-state index contributed by atoms with van der Waals surface area (Å²) in [5, 5.41) is 22.7. The number of hydrogen-bond acceptors (Lipinski definition) is 7. The summed E-state index contributed by atoms with van der Waals surface area (Å²) in [7, 11) is 0. The van der Waals surface area contributed by atoms with E-state index in [9.17, 15) is 10.1 Å². The Labute approximate surface area is 227 Å². The molecule has 1 unspecified atom stereocenters. The Bertz CT molecular complexity index is 1280. The van der Waals surface area contributed by atoms with Crippen LogP contribution >= 0.6 is 23.1 Å². The van der Waals surface area contributed by atoms with Gasteiger partial charge < -0.3 is 14.6 Å². The predicted octanol–water partition coefficient (Wildman–Crippen LogP) is 6.35. The van der Waals surface area contributed by atoms with Crippen LogP contribution in [0.5, 0.6) is 5.75 Å². The maximum Gasteiger partial charge on any atom is 0.235 e. The van der Waals surface area contributed by atoms with Gasteiger partial charge in [-0.25, -0.2) is 0 Å². The molecule has 1 aliphatic carbocycles. The molecule has 4 rings (SSSR count). The first-order valence-corrected chi connectivity index (χ1v) is 14.7. The van der Waals surface area contributed by atoms with Crippen molar-refractivity contribution in [3.05, 3.63) is 51.7 Å². The Kier molecular flexibility index (Phi) is 8.60. The van der Waals surface area contributed by atoms with E-state index in [2.05, 4.69) is 61.4 Å². The fraction of sp³-hybridized carbons (Fsp3) is 0.500. The Morgan fingerprint density at radius 3 is 2.68 bits per heavy atom. The monoisotopic (exact) mass is 537 g/mol. The highest BCUT2D eigenvalue weighted by atomic mass is 32.2. The molecule has 7 nitrogen and oxygen atoms in total. The largest absolute Gasteiger partial charge is 0.486 e. The molecule has 2 aromatic heterocycles. The van der Waals surface area contributed by atoms with Crippen molar-refractivity contribution in [2.45, 2.75) is 84.0 Å². The van der Waals surface area contributed by atoms with Crippen molar-refractivity contribution in [3.8, 4) is 11.8 Å². The van der Waals surface area contributed by atoms with Crippen LogP contribution in [0.25, 0.3) is 0 Å². The number of carbonyl (C=O) groups is 1. The summed E-state index contributed by atoms with van der Waals surface area (Å²) in [4.78, 5) is 14.0. The molecule has 0 saturated heterocycles. The van der Waals surface area contributed by atoms with E-state index in [-0.39, 0.29) is 17.1 Å². The third-order valence-electron chi connectivity index (χ3n) is 6.84. The Balaban J connectivity index is 1.35. The van der Waals surface area contributed by atoms with Crippen molar-refractivity contribution < 1.29 is 9.53 Å². The molecule has 1 amide bonds. The van der Waals surface area contributed by atoms with Gasteiger partial charge in [-0.15, -0.1) is 21.5 Å². The number of thiophene rings is 1. The molecule has 2 heterocycles. The van der Waals surface area contributed by atoms with Crippen molar-refractivity contribution in [1.29, 1.82) is 5.26 Å². The average Bonchev–Trinajstić information content (AvgIpc) is 3.44. The summed E-state index contributed by atoms with van der Waals surface area (Å²) in [5.74, 6) is 2.21. The molecule has 1 aromatic carbocycles. The second kappa shape index (κ2) is 11.7. The highest BCUT2D eigenvalue weighted by molar-refractivity contribution is 7.99. The summed E-state index contributed by atoms with van der Waals surface area (Å²) in [6.45, 7) is 11.8. The standard InChI is InChI=1S/C28H35N5O2S2/c1-6-18-8-13-21-22(15-29)26(37-23(21)14-18)30-25(34)17-36-27-32-31-24(33(27)7-2)16-35-20-11-9-19(10-12-20)28(3,4)5/h9-12,18H,6-8,13-14,16-17H2,1-5H3,(H,30,34). The molecule has 0 bridgehead atoms. The first kappa shape index (κ1) is 27.2. The van der Waals surface area contributed by atoms with Crippen molar-refractivity contribution >= 4 is 34.0 Å². The predicted molar refractivity (Wildman–Crippen MR) is 149 cm³/mol. The number of ether oxygens (including phenoxy) is 1. The van der Waals surface area contributed by atoms with Gasteiger partial charge in [0, 0.05) is 11.4 Å². The van der Waals surface area contributed by atoms with E-state index in [0.717, 1.165) is 37.0 Å². The smallest absolute Gasteiger partial charge is 0.235 e. The van der Waals surface area contributed by atoms with Gasteiger partial charge in [-0.1, -0.05) is 58.0 Å². The van der Waals surface area contributed by atoms with Gasteiger partial charge >= 0.3 is 0 Å². The molecule has 0 spiro atoms. The number of nitrogens with one attached hydrogen (secondary N) is 1. The first-order valence-electron chi connectivity index (χ1n) is 12.9. The lowest BCUT2D eigenvalue weighted by Crippen LogP contribution is -2.15. The summed E-state index contributed by atoms with van der Waals surface area (Å²) in [6, 6.07) is 10.5. The van der Waals surface area contributed by atoms with Gasteiger partial charge in [-0.3, -0.25) is 4.79 Å². The van der Waals surface area contributed by atoms with E-state index >= 15 is 0 Å². The molecule has 0 saturated carbocycles. The Morgan fingerprint density at radius 1 is 1.27 bits per heavy atom. The van der Waals surface area contributed by atoms with Crippen LogP contribution in [0, 0.1) is 17.2 Å². The topological polar surface area (TPSA) is 92.8 Å². The fourth-order valence-corrected chi connectivity index (χ4v) is 6.70. The average molecular weight is 538 g/mol. The Hall–Kier alpha value is -2.83. The number of rotatable bonds is 9. The van der Waals surface area contributed by atoms with E-state index < -0.39 is 0 Å². The van der Waals surface area contributed by atoms with Gasteiger partial charge in [0.15, 0.2) is 11.0 Å². The maximum atomic E-state index is 12.8. The van der Waals surface area contributed by atoms with Crippen LogP contribution < -0.4 is 10.1 Å². The number of carbonyl (C=O) groups excluding carboxylic acids is 1. The minimum Gasteiger partial charge on any atom is -0.486 e. The number of nitrogens with zero attached hydrogens (tertiary/aromatic N) is 4. The van der Waals surface area contributed by atoms with Crippen molar-refractivity contribution in [2.75, 3.05) is 11.1 Å². The lowest BCUT2D eigenvalue weighted by molar-refractivity contribution is -0.113. The molecule has 196 valence electrons. The summed E-state index contributed by atoms with van der Waals surface area (Å²) in [6.07, 6.45) is 4.18. The minimum absolute atomic E-state index is 0.0938. The molecule has 0 radical (unpaired) electrons. The van der Waals surface area contributed by atoms with Gasteiger partial charge in [0.2, 0.25) is 5.91 Å². The van der Waals surface area contributed by atoms with Gasteiger partial charge in [0.25, 0.3) is 0 Å². The van der Waals surface area contributed by atoms with Gasteiger partial charge in [-0.05, 0) is 60.8 Å². The van der Waals surface area contributed by atoms with Crippen LogP contribution in [-0.4, -0.2) is 26.4 Å². The van der Waals surface area contributed by atoms with E-state index in [1.165, 1.54) is 22.2 Å². The number of fused-ring (bicyclic) bond motifs is 1. The molecular formula is C28H35N5O2S2. The van der Waals surface area contributed by atoms with Crippen LogP contribution in [0.2, 0.25) is 0 Å². The molecule has 1 N–H and O–H groups in total. The number of nitriles is 1.